The predicted octanol–water partition coefficient (Wildman–Crippen LogP) is 2.82. The molecule has 1 aromatic carbocycles. The van der Waals surface area contributed by atoms with Gasteiger partial charge in [-0.15, -0.1) is 0 Å². The van der Waals surface area contributed by atoms with Crippen molar-refractivity contribution in [3.8, 4) is 0 Å². The van der Waals surface area contributed by atoms with Gasteiger partial charge in [0.25, 0.3) is 0 Å². The SMILES string of the molecule is O=C1CC(S)CN1c1cc2cccnc2c2ncccc12. The first-order valence-electron chi connectivity index (χ1n) is 6.85. The Morgan fingerprint density at radius 3 is 2.67 bits per heavy atom. The molecule has 0 radical (unpaired) electrons. The van der Waals surface area contributed by atoms with Crippen molar-refractivity contribution >= 4 is 46.0 Å². The number of fused-ring (bicyclic) bond motifs is 3. The van der Waals surface area contributed by atoms with Crippen LogP contribution in [-0.2, 0) is 4.79 Å². The Labute approximate surface area is 127 Å². The van der Waals surface area contributed by atoms with E-state index in [1.54, 1.807) is 12.4 Å². The molecule has 0 saturated carbocycles. The third-order valence-electron chi connectivity index (χ3n) is 3.83. The topological polar surface area (TPSA) is 46.1 Å². The van der Waals surface area contributed by atoms with E-state index in [1.165, 1.54) is 0 Å². The minimum Gasteiger partial charge on any atom is -0.311 e. The second-order valence-corrected chi connectivity index (χ2v) is 5.96. The Balaban J connectivity index is 2.05. The van der Waals surface area contributed by atoms with Crippen LogP contribution in [-0.4, -0.2) is 27.7 Å². The Kier molecular flexibility index (Phi) is 2.82. The highest BCUT2D eigenvalue weighted by Gasteiger charge is 2.29. The first kappa shape index (κ1) is 12.6. The van der Waals surface area contributed by atoms with Gasteiger partial charge in [-0.3, -0.25) is 14.8 Å². The normalized spacial score (nSPS) is 18.8. The maximum Gasteiger partial charge on any atom is 0.228 e. The summed E-state index contributed by atoms with van der Waals surface area (Å²) >= 11 is 4.44. The minimum atomic E-state index is 0.0915. The van der Waals surface area contributed by atoms with Crippen molar-refractivity contribution < 1.29 is 4.79 Å². The van der Waals surface area contributed by atoms with Crippen LogP contribution < -0.4 is 4.90 Å². The summed E-state index contributed by atoms with van der Waals surface area (Å²) < 4.78 is 0. The molecule has 1 fully saturated rings. The fourth-order valence-corrected chi connectivity index (χ4v) is 3.22. The summed E-state index contributed by atoms with van der Waals surface area (Å²) in [6.07, 6.45) is 4.00. The maximum atomic E-state index is 12.2. The lowest BCUT2D eigenvalue weighted by atomic mass is 10.1. The van der Waals surface area contributed by atoms with Gasteiger partial charge in [-0.1, -0.05) is 6.07 Å². The summed E-state index contributed by atoms with van der Waals surface area (Å²) in [5.74, 6) is 0.114. The van der Waals surface area contributed by atoms with E-state index >= 15 is 0 Å². The molecular formula is C16H13N3OS. The Hall–Kier alpha value is -2.14. The number of nitrogens with zero attached hydrogens (tertiary/aromatic N) is 3. The Morgan fingerprint density at radius 1 is 1.14 bits per heavy atom. The zero-order valence-corrected chi connectivity index (χ0v) is 12.1. The predicted molar refractivity (Wildman–Crippen MR) is 86.8 cm³/mol. The molecule has 1 aliphatic rings. The number of anilines is 1. The average molecular weight is 295 g/mol. The number of hydrogen-bond acceptors (Lipinski definition) is 4. The molecule has 1 amide bonds. The van der Waals surface area contributed by atoms with E-state index < -0.39 is 0 Å². The van der Waals surface area contributed by atoms with Crippen LogP contribution in [0.4, 0.5) is 5.69 Å². The van der Waals surface area contributed by atoms with E-state index in [0.717, 1.165) is 27.5 Å². The molecule has 1 saturated heterocycles. The van der Waals surface area contributed by atoms with E-state index in [-0.39, 0.29) is 11.2 Å². The van der Waals surface area contributed by atoms with E-state index in [4.69, 9.17) is 0 Å². The quantitative estimate of drug-likeness (QED) is 0.554. The van der Waals surface area contributed by atoms with E-state index in [0.29, 0.717) is 13.0 Å². The highest BCUT2D eigenvalue weighted by Crippen LogP contribution is 2.34. The number of thiol groups is 1. The molecule has 1 unspecified atom stereocenters. The molecule has 21 heavy (non-hydrogen) atoms. The van der Waals surface area contributed by atoms with Gasteiger partial charge >= 0.3 is 0 Å². The first-order chi connectivity index (χ1) is 10.2. The Morgan fingerprint density at radius 2 is 1.90 bits per heavy atom. The number of hydrogen-bond donors (Lipinski definition) is 1. The van der Waals surface area contributed by atoms with Gasteiger partial charge in [0, 0.05) is 41.4 Å². The second kappa shape index (κ2) is 4.70. The second-order valence-electron chi connectivity index (χ2n) is 5.23. The molecule has 0 aliphatic carbocycles. The van der Waals surface area contributed by atoms with Crippen LogP contribution in [0.2, 0.25) is 0 Å². The third-order valence-corrected chi connectivity index (χ3v) is 4.18. The summed E-state index contributed by atoms with van der Waals surface area (Å²) in [5, 5.41) is 2.04. The number of rotatable bonds is 1. The number of carbonyl (C=O) groups is 1. The summed E-state index contributed by atoms with van der Waals surface area (Å²) in [5.41, 5.74) is 2.60. The van der Waals surface area contributed by atoms with Crippen LogP contribution in [0.5, 0.6) is 0 Å². The number of benzene rings is 1. The van der Waals surface area contributed by atoms with Crippen molar-refractivity contribution in [2.45, 2.75) is 11.7 Å². The van der Waals surface area contributed by atoms with Crippen molar-refractivity contribution in [2.24, 2.45) is 0 Å². The highest BCUT2D eigenvalue weighted by atomic mass is 32.1. The van der Waals surface area contributed by atoms with E-state index in [2.05, 4.69) is 22.6 Å². The molecule has 0 bridgehead atoms. The standard InChI is InChI=1S/C16H13N3OS/c20-14-8-11(21)9-19(14)13-7-10-3-1-5-17-15(10)16-12(13)4-2-6-18-16/h1-7,11,21H,8-9H2. The summed E-state index contributed by atoms with van der Waals surface area (Å²) in [4.78, 5) is 22.9. The van der Waals surface area contributed by atoms with Crippen molar-refractivity contribution in [1.82, 2.24) is 9.97 Å². The number of carbonyl (C=O) groups excluding carboxylic acids is 1. The molecule has 5 heteroatoms. The largest absolute Gasteiger partial charge is 0.311 e. The number of pyridine rings is 2. The average Bonchev–Trinajstić information content (AvgIpc) is 2.85. The van der Waals surface area contributed by atoms with Gasteiger partial charge in [0.05, 0.1) is 16.7 Å². The van der Waals surface area contributed by atoms with Crippen molar-refractivity contribution in [1.29, 1.82) is 0 Å². The molecular weight excluding hydrogens is 282 g/mol. The van der Waals surface area contributed by atoms with Crippen molar-refractivity contribution in [3.05, 3.63) is 42.7 Å². The fourth-order valence-electron chi connectivity index (χ4n) is 2.90. The summed E-state index contributed by atoms with van der Waals surface area (Å²) in [6, 6.07) is 9.80. The fraction of sp³-hybridized carbons (Fsp3) is 0.188. The smallest absolute Gasteiger partial charge is 0.228 e. The molecule has 3 aromatic rings. The first-order valence-corrected chi connectivity index (χ1v) is 7.36. The van der Waals surface area contributed by atoms with Gasteiger partial charge in [0.1, 0.15) is 0 Å². The molecule has 2 aromatic heterocycles. The van der Waals surface area contributed by atoms with Crippen LogP contribution >= 0.6 is 12.6 Å². The van der Waals surface area contributed by atoms with Gasteiger partial charge in [-0.2, -0.15) is 12.6 Å². The molecule has 104 valence electrons. The molecule has 0 spiro atoms. The van der Waals surface area contributed by atoms with Gasteiger partial charge < -0.3 is 4.90 Å². The van der Waals surface area contributed by atoms with Crippen LogP contribution in [0.3, 0.4) is 0 Å². The molecule has 1 aliphatic heterocycles. The highest BCUT2D eigenvalue weighted by molar-refractivity contribution is 7.81. The lowest BCUT2D eigenvalue weighted by Gasteiger charge is -2.19. The summed E-state index contributed by atoms with van der Waals surface area (Å²) in [6.45, 7) is 0.637. The molecule has 3 heterocycles. The zero-order valence-electron chi connectivity index (χ0n) is 11.2. The van der Waals surface area contributed by atoms with Crippen LogP contribution in [0, 0.1) is 0 Å². The van der Waals surface area contributed by atoms with E-state index in [1.807, 2.05) is 35.2 Å². The van der Waals surface area contributed by atoms with Gasteiger partial charge in [0.2, 0.25) is 5.91 Å². The van der Waals surface area contributed by atoms with Gasteiger partial charge in [0.15, 0.2) is 0 Å². The molecule has 1 atom stereocenters. The van der Waals surface area contributed by atoms with Gasteiger partial charge in [-0.05, 0) is 24.3 Å². The van der Waals surface area contributed by atoms with Crippen LogP contribution in [0.1, 0.15) is 6.42 Å². The molecule has 0 N–H and O–H groups in total. The third kappa shape index (κ3) is 1.96. The zero-order chi connectivity index (χ0) is 14.4. The van der Waals surface area contributed by atoms with Crippen LogP contribution in [0.15, 0.2) is 42.7 Å². The summed E-state index contributed by atoms with van der Waals surface area (Å²) in [7, 11) is 0. The van der Waals surface area contributed by atoms with E-state index in [9.17, 15) is 4.79 Å². The number of amides is 1. The minimum absolute atomic E-state index is 0.0915. The van der Waals surface area contributed by atoms with Crippen molar-refractivity contribution in [2.75, 3.05) is 11.4 Å². The maximum absolute atomic E-state index is 12.2. The van der Waals surface area contributed by atoms with Crippen LogP contribution in [0.25, 0.3) is 21.8 Å². The monoisotopic (exact) mass is 295 g/mol. The van der Waals surface area contributed by atoms with Gasteiger partial charge in [-0.25, -0.2) is 0 Å². The molecule has 4 nitrogen and oxygen atoms in total. The lowest BCUT2D eigenvalue weighted by molar-refractivity contribution is -0.117. The Bertz CT molecular complexity index is 864. The van der Waals surface area contributed by atoms with Crippen molar-refractivity contribution in [3.63, 3.8) is 0 Å². The lowest BCUT2D eigenvalue weighted by Crippen LogP contribution is -2.24. The molecule has 4 rings (SSSR count). The number of aromatic nitrogens is 2.